The van der Waals surface area contributed by atoms with E-state index >= 15 is 0 Å². The molecule has 1 aliphatic rings. The zero-order valence-corrected chi connectivity index (χ0v) is 13.3. The maximum Gasteiger partial charge on any atom is 0.0325 e. The van der Waals surface area contributed by atoms with Gasteiger partial charge in [0.25, 0.3) is 0 Å². The van der Waals surface area contributed by atoms with E-state index in [0.29, 0.717) is 24.0 Å². The summed E-state index contributed by atoms with van der Waals surface area (Å²) < 4.78 is 0. The Hall–Kier alpha value is -0.930. The molecule has 1 N–H and O–H groups in total. The summed E-state index contributed by atoms with van der Waals surface area (Å²) in [7, 11) is 0. The van der Waals surface area contributed by atoms with E-state index in [1.807, 2.05) is 12.4 Å². The van der Waals surface area contributed by atoms with Gasteiger partial charge in [-0.2, -0.15) is 0 Å². The molecule has 112 valence electrons. The Morgan fingerprint density at radius 1 is 1.30 bits per heavy atom. The van der Waals surface area contributed by atoms with Gasteiger partial charge in [-0.3, -0.25) is 9.88 Å². The molecule has 20 heavy (non-hydrogen) atoms. The standard InChI is InChI=1S/C17H29N3/c1-5-6-16-12-20(17(11-19-16)13(2)3)14(4)15-7-9-18-10-8-15/h7-10,13-14,16-17,19H,5-6,11-12H2,1-4H3. The Bertz CT molecular complexity index is 390. The molecule has 0 aromatic carbocycles. The molecule has 3 nitrogen and oxygen atoms in total. The van der Waals surface area contributed by atoms with Gasteiger partial charge < -0.3 is 5.32 Å². The number of nitrogens with one attached hydrogen (secondary N) is 1. The zero-order chi connectivity index (χ0) is 14.5. The summed E-state index contributed by atoms with van der Waals surface area (Å²) in [6.45, 7) is 11.5. The number of rotatable bonds is 5. The first-order valence-electron chi connectivity index (χ1n) is 8.02. The van der Waals surface area contributed by atoms with Crippen LogP contribution in [-0.4, -0.2) is 35.1 Å². The number of hydrogen-bond acceptors (Lipinski definition) is 3. The molecule has 0 radical (unpaired) electrons. The number of aromatic nitrogens is 1. The minimum absolute atomic E-state index is 0.465. The number of nitrogens with zero attached hydrogens (tertiary/aromatic N) is 2. The van der Waals surface area contributed by atoms with Crippen molar-refractivity contribution < 1.29 is 0 Å². The summed E-state index contributed by atoms with van der Waals surface area (Å²) in [5.41, 5.74) is 1.38. The number of pyridine rings is 1. The first-order chi connectivity index (χ1) is 9.63. The topological polar surface area (TPSA) is 28.2 Å². The Labute approximate surface area is 123 Å². The van der Waals surface area contributed by atoms with Crippen molar-refractivity contribution in [1.29, 1.82) is 0 Å². The summed E-state index contributed by atoms with van der Waals surface area (Å²) in [5, 5.41) is 3.73. The van der Waals surface area contributed by atoms with E-state index < -0.39 is 0 Å². The van der Waals surface area contributed by atoms with Gasteiger partial charge in [-0.1, -0.05) is 27.2 Å². The van der Waals surface area contributed by atoms with E-state index in [-0.39, 0.29) is 0 Å². The maximum absolute atomic E-state index is 4.14. The Balaban J connectivity index is 2.14. The molecule has 1 aromatic heterocycles. The van der Waals surface area contributed by atoms with Crippen molar-refractivity contribution in [2.24, 2.45) is 5.92 Å². The second-order valence-electron chi connectivity index (χ2n) is 6.36. The van der Waals surface area contributed by atoms with Crippen LogP contribution in [0.3, 0.4) is 0 Å². The van der Waals surface area contributed by atoms with E-state index in [0.717, 1.165) is 13.1 Å². The van der Waals surface area contributed by atoms with Gasteiger partial charge in [-0.05, 0) is 37.0 Å². The molecule has 0 aliphatic carbocycles. The van der Waals surface area contributed by atoms with Crippen LogP contribution in [0.4, 0.5) is 0 Å². The molecule has 0 spiro atoms. The molecule has 3 atom stereocenters. The van der Waals surface area contributed by atoms with Crippen LogP contribution in [0.5, 0.6) is 0 Å². The van der Waals surface area contributed by atoms with Crippen LogP contribution in [0, 0.1) is 5.92 Å². The van der Waals surface area contributed by atoms with Crippen molar-refractivity contribution in [3.05, 3.63) is 30.1 Å². The third-order valence-corrected chi connectivity index (χ3v) is 4.57. The molecule has 1 aromatic rings. The lowest BCUT2D eigenvalue weighted by Crippen LogP contribution is -2.58. The second kappa shape index (κ2) is 7.19. The lowest BCUT2D eigenvalue weighted by molar-refractivity contribution is 0.0597. The third-order valence-electron chi connectivity index (χ3n) is 4.57. The molecule has 3 heteroatoms. The average Bonchev–Trinajstić information content (AvgIpc) is 2.47. The van der Waals surface area contributed by atoms with Gasteiger partial charge in [0.05, 0.1) is 0 Å². The van der Waals surface area contributed by atoms with Gasteiger partial charge in [-0.25, -0.2) is 0 Å². The van der Waals surface area contributed by atoms with Gasteiger partial charge in [0.15, 0.2) is 0 Å². The van der Waals surface area contributed by atoms with Crippen molar-refractivity contribution in [3.8, 4) is 0 Å². The molecular formula is C17H29N3. The van der Waals surface area contributed by atoms with Crippen LogP contribution in [0.1, 0.15) is 52.1 Å². The van der Waals surface area contributed by atoms with Crippen molar-refractivity contribution >= 4 is 0 Å². The first-order valence-corrected chi connectivity index (χ1v) is 8.02. The maximum atomic E-state index is 4.14. The Morgan fingerprint density at radius 3 is 2.60 bits per heavy atom. The minimum atomic E-state index is 0.465. The summed E-state index contributed by atoms with van der Waals surface area (Å²) in [4.78, 5) is 6.83. The molecule has 1 fully saturated rings. The van der Waals surface area contributed by atoms with Crippen molar-refractivity contribution in [1.82, 2.24) is 15.2 Å². The quantitative estimate of drug-likeness (QED) is 0.894. The van der Waals surface area contributed by atoms with Crippen LogP contribution in [0.15, 0.2) is 24.5 Å². The molecule has 0 amide bonds. The van der Waals surface area contributed by atoms with Crippen molar-refractivity contribution in [2.45, 2.75) is 58.7 Å². The monoisotopic (exact) mass is 275 g/mol. The van der Waals surface area contributed by atoms with Gasteiger partial charge in [0, 0.05) is 43.6 Å². The Kier molecular flexibility index (Phi) is 5.55. The number of piperazine rings is 1. The summed E-state index contributed by atoms with van der Waals surface area (Å²) >= 11 is 0. The third kappa shape index (κ3) is 3.58. The van der Waals surface area contributed by atoms with E-state index in [1.54, 1.807) is 0 Å². The van der Waals surface area contributed by atoms with E-state index in [1.165, 1.54) is 18.4 Å². The predicted molar refractivity (Wildman–Crippen MR) is 84.7 cm³/mol. The largest absolute Gasteiger partial charge is 0.311 e. The van der Waals surface area contributed by atoms with Crippen molar-refractivity contribution in [2.75, 3.05) is 13.1 Å². The van der Waals surface area contributed by atoms with Gasteiger partial charge in [0.1, 0.15) is 0 Å². The highest BCUT2D eigenvalue weighted by atomic mass is 15.3. The SMILES string of the molecule is CCCC1CN(C(C)c2ccncc2)C(C(C)C)CN1. The van der Waals surface area contributed by atoms with Crippen LogP contribution in [-0.2, 0) is 0 Å². The molecular weight excluding hydrogens is 246 g/mol. The number of hydrogen-bond donors (Lipinski definition) is 1. The summed E-state index contributed by atoms with van der Waals surface area (Å²) in [5.74, 6) is 0.675. The minimum Gasteiger partial charge on any atom is -0.311 e. The fourth-order valence-electron chi connectivity index (χ4n) is 3.30. The van der Waals surface area contributed by atoms with E-state index in [2.05, 4.69) is 55.0 Å². The lowest BCUT2D eigenvalue weighted by Gasteiger charge is -2.45. The van der Waals surface area contributed by atoms with Crippen LogP contribution in [0.2, 0.25) is 0 Å². The van der Waals surface area contributed by atoms with Gasteiger partial charge >= 0.3 is 0 Å². The highest BCUT2D eigenvalue weighted by Gasteiger charge is 2.32. The van der Waals surface area contributed by atoms with Gasteiger partial charge in [-0.15, -0.1) is 0 Å². The Morgan fingerprint density at radius 2 is 2.00 bits per heavy atom. The second-order valence-corrected chi connectivity index (χ2v) is 6.36. The molecule has 0 saturated carbocycles. The van der Waals surface area contributed by atoms with Crippen LogP contribution >= 0.6 is 0 Å². The molecule has 1 aliphatic heterocycles. The molecule has 0 bridgehead atoms. The summed E-state index contributed by atoms with van der Waals surface area (Å²) in [6, 6.07) is 6.02. The first kappa shape index (κ1) is 15.5. The zero-order valence-electron chi connectivity index (χ0n) is 13.3. The van der Waals surface area contributed by atoms with Crippen LogP contribution in [0.25, 0.3) is 0 Å². The average molecular weight is 275 g/mol. The van der Waals surface area contributed by atoms with Crippen LogP contribution < -0.4 is 5.32 Å². The molecule has 1 saturated heterocycles. The van der Waals surface area contributed by atoms with E-state index in [4.69, 9.17) is 0 Å². The molecule has 2 heterocycles. The highest BCUT2D eigenvalue weighted by Crippen LogP contribution is 2.27. The predicted octanol–water partition coefficient (Wildman–Crippen LogP) is 3.24. The highest BCUT2D eigenvalue weighted by molar-refractivity contribution is 5.15. The fourth-order valence-corrected chi connectivity index (χ4v) is 3.30. The normalized spacial score (nSPS) is 25.9. The lowest BCUT2D eigenvalue weighted by atomic mass is 9.93. The molecule has 2 rings (SSSR count). The van der Waals surface area contributed by atoms with Gasteiger partial charge in [0.2, 0.25) is 0 Å². The smallest absolute Gasteiger partial charge is 0.0325 e. The van der Waals surface area contributed by atoms with E-state index in [9.17, 15) is 0 Å². The fraction of sp³-hybridized carbons (Fsp3) is 0.706. The van der Waals surface area contributed by atoms with Crippen molar-refractivity contribution in [3.63, 3.8) is 0 Å². The summed E-state index contributed by atoms with van der Waals surface area (Å²) in [6.07, 6.45) is 6.33. The molecule has 3 unspecified atom stereocenters.